The molecule has 2 heterocycles. The van der Waals surface area contributed by atoms with Gasteiger partial charge in [0, 0.05) is 31.2 Å². The topological polar surface area (TPSA) is 97.2 Å². The summed E-state index contributed by atoms with van der Waals surface area (Å²) < 4.78 is 42.3. The number of sulfonamides is 1. The van der Waals surface area contributed by atoms with E-state index in [0.717, 1.165) is 31.2 Å². The molecule has 2 aromatic carbocycles. The molecule has 198 valence electrons. The highest BCUT2D eigenvalue weighted by Gasteiger charge is 2.27. The summed E-state index contributed by atoms with van der Waals surface area (Å²) in [5.41, 5.74) is 3.23. The number of carbonyl (C=O) groups is 1. The number of nitrogens with one attached hydrogen (secondary N) is 1. The van der Waals surface area contributed by atoms with E-state index >= 15 is 0 Å². The van der Waals surface area contributed by atoms with E-state index in [9.17, 15) is 17.6 Å². The van der Waals surface area contributed by atoms with Crippen molar-refractivity contribution < 1.29 is 17.6 Å². The highest BCUT2D eigenvalue weighted by atomic mass is 32.2. The van der Waals surface area contributed by atoms with Gasteiger partial charge in [0.2, 0.25) is 10.0 Å². The lowest BCUT2D eigenvalue weighted by Gasteiger charge is -2.30. The number of rotatable bonds is 8. The van der Waals surface area contributed by atoms with Crippen LogP contribution in [0.15, 0.2) is 67.1 Å². The van der Waals surface area contributed by atoms with Crippen LogP contribution in [0.5, 0.6) is 0 Å². The van der Waals surface area contributed by atoms with E-state index in [0.29, 0.717) is 27.7 Å². The molecule has 2 aromatic heterocycles. The summed E-state index contributed by atoms with van der Waals surface area (Å²) in [4.78, 5) is 17.2. The first-order chi connectivity index (χ1) is 18.3. The molecule has 10 heteroatoms. The zero-order valence-electron chi connectivity index (χ0n) is 21.2. The minimum absolute atomic E-state index is 0.0433. The van der Waals surface area contributed by atoms with Crippen molar-refractivity contribution in [2.45, 2.75) is 50.4 Å². The lowest BCUT2D eigenvalue weighted by atomic mass is 9.96. The summed E-state index contributed by atoms with van der Waals surface area (Å²) in [5.74, 6) is -0.689. The number of pyridine rings is 1. The number of halogens is 1. The van der Waals surface area contributed by atoms with Gasteiger partial charge in [-0.2, -0.15) is 5.10 Å². The highest BCUT2D eigenvalue weighted by Crippen LogP contribution is 2.25. The fourth-order valence-electron chi connectivity index (χ4n) is 4.93. The summed E-state index contributed by atoms with van der Waals surface area (Å²) in [5, 5.41) is 7.89. The molecule has 1 fully saturated rings. The van der Waals surface area contributed by atoms with Gasteiger partial charge in [0.15, 0.2) is 0 Å². The van der Waals surface area contributed by atoms with Gasteiger partial charge >= 0.3 is 0 Å². The Bertz CT molecular complexity index is 1530. The van der Waals surface area contributed by atoms with Crippen molar-refractivity contribution in [3.8, 4) is 5.69 Å². The molecule has 0 radical (unpaired) electrons. The van der Waals surface area contributed by atoms with E-state index in [2.05, 4.69) is 15.4 Å². The number of benzene rings is 2. The Morgan fingerprint density at radius 3 is 2.39 bits per heavy atom. The molecule has 1 N–H and O–H groups in total. The third-order valence-corrected chi connectivity index (χ3v) is 9.04. The van der Waals surface area contributed by atoms with Gasteiger partial charge in [-0.1, -0.05) is 43.5 Å². The van der Waals surface area contributed by atoms with Crippen LogP contribution in [0.1, 0.15) is 53.6 Å². The maximum atomic E-state index is 13.3. The summed E-state index contributed by atoms with van der Waals surface area (Å²) in [6.45, 7) is 0.274. The van der Waals surface area contributed by atoms with E-state index < -0.39 is 10.0 Å². The largest absolute Gasteiger partial charge is 0.348 e. The van der Waals surface area contributed by atoms with Gasteiger partial charge in [0.05, 0.1) is 34.9 Å². The molecule has 0 unspecified atom stereocenters. The second kappa shape index (κ2) is 11.0. The monoisotopic (exact) mass is 535 g/mol. The SMILES string of the molecule is CN(C1CCCCC1)S(=O)(=O)Cc1ccc(CNC(=O)c2cncc3c2cnn3-c2ccc(F)cc2)cc1. The molecule has 1 aliphatic rings. The Morgan fingerprint density at radius 2 is 1.68 bits per heavy atom. The average molecular weight is 536 g/mol. The van der Waals surface area contributed by atoms with Crippen molar-refractivity contribution in [1.29, 1.82) is 0 Å². The zero-order chi connectivity index (χ0) is 26.7. The smallest absolute Gasteiger partial charge is 0.253 e. The number of fused-ring (bicyclic) bond motifs is 1. The molecule has 38 heavy (non-hydrogen) atoms. The van der Waals surface area contributed by atoms with Crippen molar-refractivity contribution in [2.24, 2.45) is 0 Å². The number of hydrogen-bond acceptors (Lipinski definition) is 5. The Balaban J connectivity index is 1.23. The van der Waals surface area contributed by atoms with Crippen LogP contribution in [-0.2, 0) is 22.3 Å². The van der Waals surface area contributed by atoms with E-state index in [-0.39, 0.29) is 30.1 Å². The first-order valence-electron chi connectivity index (χ1n) is 12.7. The molecule has 1 saturated carbocycles. The van der Waals surface area contributed by atoms with Crippen molar-refractivity contribution >= 4 is 26.8 Å². The molecule has 1 amide bonds. The number of hydrogen-bond donors (Lipinski definition) is 1. The maximum Gasteiger partial charge on any atom is 0.253 e. The van der Waals surface area contributed by atoms with E-state index in [4.69, 9.17) is 0 Å². The summed E-state index contributed by atoms with van der Waals surface area (Å²) in [6.07, 6.45) is 9.86. The third-order valence-electron chi connectivity index (χ3n) is 7.17. The fourth-order valence-corrected chi connectivity index (χ4v) is 6.41. The van der Waals surface area contributed by atoms with Crippen LogP contribution in [0.25, 0.3) is 16.6 Å². The summed E-state index contributed by atoms with van der Waals surface area (Å²) >= 11 is 0. The molecule has 0 aliphatic heterocycles. The molecule has 0 spiro atoms. The van der Waals surface area contributed by atoms with Crippen molar-refractivity contribution in [3.05, 3.63) is 89.6 Å². The highest BCUT2D eigenvalue weighted by molar-refractivity contribution is 7.88. The quantitative estimate of drug-likeness (QED) is 0.356. The van der Waals surface area contributed by atoms with Crippen molar-refractivity contribution in [2.75, 3.05) is 7.05 Å². The summed E-state index contributed by atoms with van der Waals surface area (Å²) in [7, 11) is -1.71. The molecule has 0 atom stereocenters. The van der Waals surface area contributed by atoms with Gasteiger partial charge in [-0.3, -0.25) is 9.78 Å². The Morgan fingerprint density at radius 1 is 1.00 bits per heavy atom. The second-order valence-corrected chi connectivity index (χ2v) is 11.7. The molecule has 1 aliphatic carbocycles. The number of amides is 1. The van der Waals surface area contributed by atoms with Gasteiger partial charge in [-0.25, -0.2) is 21.8 Å². The minimum Gasteiger partial charge on any atom is -0.348 e. The average Bonchev–Trinajstić information content (AvgIpc) is 3.37. The molecular formula is C28H30FN5O3S. The van der Waals surface area contributed by atoms with E-state index in [1.165, 1.54) is 24.8 Å². The van der Waals surface area contributed by atoms with Crippen molar-refractivity contribution in [3.63, 3.8) is 0 Å². The lowest BCUT2D eigenvalue weighted by Crippen LogP contribution is -2.38. The van der Waals surface area contributed by atoms with Crippen LogP contribution in [-0.4, -0.2) is 46.5 Å². The molecule has 4 aromatic rings. The van der Waals surface area contributed by atoms with Gasteiger partial charge in [-0.15, -0.1) is 0 Å². The molecule has 5 rings (SSSR count). The second-order valence-electron chi connectivity index (χ2n) is 9.72. The predicted octanol–water partition coefficient (Wildman–Crippen LogP) is 4.58. The number of nitrogens with zero attached hydrogens (tertiary/aromatic N) is 4. The standard InChI is InChI=1S/C28H30FN5O3S/c1-33(23-5-3-2-4-6-23)38(36,37)19-21-9-7-20(8-10-21)15-31-28(35)26-16-30-18-27-25(26)17-32-34(27)24-13-11-22(29)12-14-24/h7-14,16-18,23H,2-6,15,19H2,1H3,(H,31,35). The molecule has 0 bridgehead atoms. The van der Waals surface area contributed by atoms with Crippen molar-refractivity contribution in [1.82, 2.24) is 24.4 Å². The first kappa shape index (κ1) is 26.0. The maximum absolute atomic E-state index is 13.3. The van der Waals surface area contributed by atoms with Crippen LogP contribution in [0.4, 0.5) is 4.39 Å². The Hall–Kier alpha value is -3.63. The van der Waals surface area contributed by atoms with Crippen LogP contribution in [0.3, 0.4) is 0 Å². The third kappa shape index (κ3) is 5.61. The van der Waals surface area contributed by atoms with Crippen LogP contribution in [0.2, 0.25) is 0 Å². The fraction of sp³-hybridized carbons (Fsp3) is 0.321. The molecule has 0 saturated heterocycles. The van der Waals surface area contributed by atoms with E-state index in [1.54, 1.807) is 52.7 Å². The first-order valence-corrected chi connectivity index (χ1v) is 14.3. The Kier molecular flexibility index (Phi) is 7.53. The zero-order valence-corrected chi connectivity index (χ0v) is 22.0. The van der Waals surface area contributed by atoms with Gasteiger partial charge in [-0.05, 0) is 48.2 Å². The number of carbonyl (C=O) groups excluding carboxylic acids is 1. The van der Waals surface area contributed by atoms with Crippen LogP contribution < -0.4 is 5.32 Å². The Labute approximate surface area is 221 Å². The normalized spacial score (nSPS) is 14.7. The van der Waals surface area contributed by atoms with Gasteiger partial charge < -0.3 is 5.32 Å². The molecular weight excluding hydrogens is 505 g/mol. The minimum atomic E-state index is -3.40. The summed E-state index contributed by atoms with van der Waals surface area (Å²) in [6, 6.07) is 13.3. The van der Waals surface area contributed by atoms with Crippen LogP contribution in [0, 0.1) is 5.82 Å². The van der Waals surface area contributed by atoms with Crippen LogP contribution >= 0.6 is 0 Å². The molecule has 8 nitrogen and oxygen atoms in total. The lowest BCUT2D eigenvalue weighted by molar-refractivity contribution is 0.0952. The predicted molar refractivity (Wildman–Crippen MR) is 144 cm³/mol. The van der Waals surface area contributed by atoms with E-state index in [1.807, 2.05) is 12.1 Å². The van der Waals surface area contributed by atoms with Gasteiger partial charge in [0.1, 0.15) is 5.82 Å². The van der Waals surface area contributed by atoms with Gasteiger partial charge in [0.25, 0.3) is 5.91 Å². The number of aromatic nitrogens is 3.